The summed E-state index contributed by atoms with van der Waals surface area (Å²) in [6.45, 7) is 3.81. The van der Waals surface area contributed by atoms with Gasteiger partial charge in [0.1, 0.15) is 12.4 Å². The number of rotatable bonds is 4. The van der Waals surface area contributed by atoms with E-state index in [9.17, 15) is 9.18 Å². The Morgan fingerprint density at radius 1 is 0.964 bits per heavy atom. The molecule has 2 aromatic rings. The highest BCUT2D eigenvalue weighted by atomic mass is 19.1. The van der Waals surface area contributed by atoms with Crippen LogP contribution in [0.1, 0.15) is 30.4 Å². The lowest BCUT2D eigenvalue weighted by atomic mass is 9.92. The molecule has 2 aliphatic rings. The maximum absolute atomic E-state index is 14.0. The molecule has 148 valence electrons. The van der Waals surface area contributed by atoms with Crippen LogP contribution in [-0.4, -0.2) is 47.5 Å². The topological polar surface area (TPSA) is 32.8 Å². The Morgan fingerprint density at radius 3 is 2.57 bits per heavy atom. The number of carbonyl (C=O) groups excluding carboxylic acids is 1. The average Bonchev–Trinajstić information content (AvgIpc) is 2.90. The number of ether oxygens (including phenoxy) is 1. The van der Waals surface area contributed by atoms with Crippen molar-refractivity contribution in [3.8, 4) is 0 Å². The van der Waals surface area contributed by atoms with Gasteiger partial charge >= 0.3 is 0 Å². The fourth-order valence-electron chi connectivity index (χ4n) is 4.29. The molecule has 0 radical (unpaired) electrons. The molecule has 28 heavy (non-hydrogen) atoms. The first kappa shape index (κ1) is 19.1. The molecule has 4 rings (SSSR count). The Morgan fingerprint density at radius 2 is 1.75 bits per heavy atom. The second-order valence-electron chi connectivity index (χ2n) is 7.93. The molecule has 5 heteroatoms. The zero-order chi connectivity index (χ0) is 19.4. The third-order valence-corrected chi connectivity index (χ3v) is 5.89. The minimum Gasteiger partial charge on any atom is -0.363 e. The van der Waals surface area contributed by atoms with Crippen LogP contribution in [0.15, 0.2) is 54.6 Å². The van der Waals surface area contributed by atoms with Crippen molar-refractivity contribution in [2.75, 3.05) is 26.2 Å². The van der Waals surface area contributed by atoms with Crippen molar-refractivity contribution in [2.24, 2.45) is 0 Å². The molecule has 2 aromatic carbocycles. The maximum atomic E-state index is 14.0. The second-order valence-corrected chi connectivity index (χ2v) is 7.93. The minimum atomic E-state index is -0.285. The van der Waals surface area contributed by atoms with Crippen LogP contribution in [0.3, 0.4) is 0 Å². The Hall–Kier alpha value is -2.24. The van der Waals surface area contributed by atoms with Gasteiger partial charge in [-0.1, -0.05) is 48.5 Å². The van der Waals surface area contributed by atoms with Gasteiger partial charge in [0.2, 0.25) is 5.91 Å². The summed E-state index contributed by atoms with van der Waals surface area (Å²) in [7, 11) is 0. The van der Waals surface area contributed by atoms with Crippen molar-refractivity contribution in [1.82, 2.24) is 9.80 Å². The Labute approximate surface area is 165 Å². The quantitative estimate of drug-likeness (QED) is 0.810. The molecule has 2 heterocycles. The van der Waals surface area contributed by atoms with Crippen LogP contribution in [0.4, 0.5) is 4.39 Å². The van der Waals surface area contributed by atoms with Gasteiger partial charge in [-0.3, -0.25) is 9.69 Å². The lowest BCUT2D eigenvalue weighted by Crippen LogP contribution is -2.54. The predicted octanol–water partition coefficient (Wildman–Crippen LogP) is 3.61. The Bertz CT molecular complexity index is 813. The first-order valence-electron chi connectivity index (χ1n) is 10.1. The van der Waals surface area contributed by atoms with E-state index in [1.54, 1.807) is 6.07 Å². The summed E-state index contributed by atoms with van der Waals surface area (Å²) in [4.78, 5) is 16.6. The summed E-state index contributed by atoms with van der Waals surface area (Å²) < 4.78 is 20.1. The number of likely N-dealkylation sites (tertiary alicyclic amines) is 1. The molecule has 0 saturated carbocycles. The number of amides is 1. The summed E-state index contributed by atoms with van der Waals surface area (Å²) in [6.07, 6.45) is 2.78. The van der Waals surface area contributed by atoms with Crippen molar-refractivity contribution in [3.05, 3.63) is 71.5 Å². The average molecular weight is 382 g/mol. The van der Waals surface area contributed by atoms with E-state index in [1.165, 1.54) is 6.07 Å². The Kier molecular flexibility index (Phi) is 5.74. The molecule has 2 saturated heterocycles. The van der Waals surface area contributed by atoms with E-state index in [-0.39, 0.29) is 23.9 Å². The van der Waals surface area contributed by atoms with E-state index >= 15 is 0 Å². The smallest absolute Gasteiger partial charge is 0.248 e. The summed E-state index contributed by atoms with van der Waals surface area (Å²) in [6, 6.07) is 17.1. The SMILES string of the molecule is O=C1COC2(CCCN(Cc3ccccc3F)CC2)CN1Cc1ccccc1. The number of morpholine rings is 1. The molecular formula is C23H27FN2O2. The number of hydrogen-bond donors (Lipinski definition) is 0. The van der Waals surface area contributed by atoms with Gasteiger partial charge in [-0.2, -0.15) is 0 Å². The van der Waals surface area contributed by atoms with Gasteiger partial charge in [0.25, 0.3) is 0 Å². The lowest BCUT2D eigenvalue weighted by Gasteiger charge is -2.42. The molecule has 1 spiro atoms. The monoisotopic (exact) mass is 382 g/mol. The molecule has 0 bridgehead atoms. The number of carbonyl (C=O) groups is 1. The minimum absolute atomic E-state index is 0.0573. The van der Waals surface area contributed by atoms with Crippen LogP contribution in [0.25, 0.3) is 0 Å². The summed E-state index contributed by atoms with van der Waals surface area (Å²) in [5.74, 6) is -0.0862. The van der Waals surface area contributed by atoms with E-state index in [4.69, 9.17) is 4.74 Å². The first-order chi connectivity index (χ1) is 13.6. The van der Waals surface area contributed by atoms with Gasteiger partial charge in [-0.15, -0.1) is 0 Å². The van der Waals surface area contributed by atoms with E-state index in [0.29, 0.717) is 19.6 Å². The molecule has 0 aromatic heterocycles. The zero-order valence-electron chi connectivity index (χ0n) is 16.1. The molecule has 4 nitrogen and oxygen atoms in total. The van der Waals surface area contributed by atoms with Gasteiger partial charge < -0.3 is 9.64 Å². The molecule has 1 amide bonds. The van der Waals surface area contributed by atoms with Crippen molar-refractivity contribution in [1.29, 1.82) is 0 Å². The molecule has 0 N–H and O–H groups in total. The van der Waals surface area contributed by atoms with E-state index in [2.05, 4.69) is 17.0 Å². The van der Waals surface area contributed by atoms with Crippen LogP contribution in [0.2, 0.25) is 0 Å². The van der Waals surface area contributed by atoms with Crippen LogP contribution in [0.5, 0.6) is 0 Å². The predicted molar refractivity (Wildman–Crippen MR) is 106 cm³/mol. The normalized spacial score (nSPS) is 23.8. The fourth-order valence-corrected chi connectivity index (χ4v) is 4.29. The number of benzene rings is 2. The van der Waals surface area contributed by atoms with Crippen molar-refractivity contribution in [3.63, 3.8) is 0 Å². The van der Waals surface area contributed by atoms with Crippen molar-refractivity contribution < 1.29 is 13.9 Å². The summed E-state index contributed by atoms with van der Waals surface area (Å²) in [5, 5.41) is 0. The second kappa shape index (κ2) is 8.41. The standard InChI is InChI=1S/C23H27FN2O2/c24-21-10-5-4-9-20(21)16-25-13-6-11-23(12-14-25)18-26(22(27)17-28-23)15-19-7-2-1-3-8-19/h1-5,7-10H,6,11-18H2. The number of hydrogen-bond acceptors (Lipinski definition) is 3. The molecule has 1 atom stereocenters. The third kappa shape index (κ3) is 4.42. The number of halogens is 1. The molecular weight excluding hydrogens is 355 g/mol. The third-order valence-electron chi connectivity index (χ3n) is 5.89. The van der Waals surface area contributed by atoms with Gasteiger partial charge in [0.05, 0.1) is 12.1 Å². The van der Waals surface area contributed by atoms with Crippen LogP contribution >= 0.6 is 0 Å². The molecule has 2 aliphatic heterocycles. The van der Waals surface area contributed by atoms with Gasteiger partial charge in [-0.25, -0.2) is 4.39 Å². The van der Waals surface area contributed by atoms with E-state index in [1.807, 2.05) is 35.2 Å². The highest BCUT2D eigenvalue weighted by molar-refractivity contribution is 5.78. The van der Waals surface area contributed by atoms with Crippen LogP contribution < -0.4 is 0 Å². The highest BCUT2D eigenvalue weighted by Gasteiger charge is 2.40. The van der Waals surface area contributed by atoms with Crippen LogP contribution in [-0.2, 0) is 22.6 Å². The Balaban J connectivity index is 1.40. The first-order valence-corrected chi connectivity index (χ1v) is 10.1. The fraction of sp³-hybridized carbons (Fsp3) is 0.435. The van der Waals surface area contributed by atoms with E-state index in [0.717, 1.165) is 43.5 Å². The highest BCUT2D eigenvalue weighted by Crippen LogP contribution is 2.31. The molecule has 1 unspecified atom stereocenters. The van der Waals surface area contributed by atoms with Crippen LogP contribution in [0, 0.1) is 5.82 Å². The van der Waals surface area contributed by atoms with Crippen molar-refractivity contribution in [2.45, 2.75) is 38.0 Å². The van der Waals surface area contributed by atoms with E-state index < -0.39 is 0 Å². The molecule has 0 aliphatic carbocycles. The molecule has 2 fully saturated rings. The van der Waals surface area contributed by atoms with Crippen molar-refractivity contribution >= 4 is 5.91 Å². The summed E-state index contributed by atoms with van der Waals surface area (Å²) in [5.41, 5.74) is 1.60. The number of nitrogens with zero attached hydrogens (tertiary/aromatic N) is 2. The zero-order valence-corrected chi connectivity index (χ0v) is 16.1. The maximum Gasteiger partial charge on any atom is 0.248 e. The van der Waals surface area contributed by atoms with Gasteiger partial charge in [-0.05, 0) is 37.4 Å². The lowest BCUT2D eigenvalue weighted by molar-refractivity contribution is -0.166. The van der Waals surface area contributed by atoms with Gasteiger partial charge in [0.15, 0.2) is 0 Å². The van der Waals surface area contributed by atoms with Gasteiger partial charge in [0, 0.05) is 25.2 Å². The largest absolute Gasteiger partial charge is 0.363 e. The summed E-state index contributed by atoms with van der Waals surface area (Å²) >= 11 is 0.